The molecule has 1 saturated carbocycles. The molecule has 1 N–H and O–H groups in total. The Labute approximate surface area is 154 Å². The molecule has 0 aromatic carbocycles. The fraction of sp³-hybridized carbons (Fsp3) is 0.412. The van der Waals surface area contributed by atoms with Crippen molar-refractivity contribution < 1.29 is 0 Å². The standard InChI is InChI=1S/C17H18BrN3S2/c18-11-9-14(23-10-11)16-15(13-7-3-4-8-19-13)20-17(22)21(16)12-5-1-2-6-12/h3-4,7-10,12,15-16H,1-2,5-6H2,(H,20,22)/t15-,16-/m0/s1. The summed E-state index contributed by atoms with van der Waals surface area (Å²) in [5.41, 5.74) is 1.06. The van der Waals surface area contributed by atoms with Crippen LogP contribution in [-0.2, 0) is 0 Å². The van der Waals surface area contributed by atoms with Crippen molar-refractivity contribution in [3.63, 3.8) is 0 Å². The minimum Gasteiger partial charge on any atom is -0.352 e. The van der Waals surface area contributed by atoms with Crippen molar-refractivity contribution in [2.24, 2.45) is 0 Å². The highest BCUT2D eigenvalue weighted by Gasteiger charge is 2.44. The van der Waals surface area contributed by atoms with E-state index in [1.54, 1.807) is 11.3 Å². The fourth-order valence-corrected chi connectivity index (χ4v) is 5.70. The number of halogens is 1. The van der Waals surface area contributed by atoms with Gasteiger partial charge in [-0.1, -0.05) is 18.9 Å². The van der Waals surface area contributed by atoms with E-state index in [2.05, 4.69) is 48.6 Å². The molecule has 0 radical (unpaired) electrons. The number of thiocarbonyl (C=S) groups is 1. The molecule has 6 heteroatoms. The van der Waals surface area contributed by atoms with Crippen LogP contribution in [0.4, 0.5) is 0 Å². The lowest BCUT2D eigenvalue weighted by atomic mass is 10.0. The number of aromatic nitrogens is 1. The van der Waals surface area contributed by atoms with E-state index in [0.29, 0.717) is 6.04 Å². The maximum atomic E-state index is 5.72. The molecule has 3 heterocycles. The Morgan fingerprint density at radius 3 is 2.78 bits per heavy atom. The number of nitrogens with zero attached hydrogens (tertiary/aromatic N) is 2. The lowest BCUT2D eigenvalue weighted by Crippen LogP contribution is -2.37. The Morgan fingerprint density at radius 1 is 1.30 bits per heavy atom. The molecular formula is C17H18BrN3S2. The molecule has 0 spiro atoms. The molecule has 2 aliphatic rings. The summed E-state index contributed by atoms with van der Waals surface area (Å²) >= 11 is 11.1. The van der Waals surface area contributed by atoms with Gasteiger partial charge in [0, 0.05) is 27.0 Å². The lowest BCUT2D eigenvalue weighted by molar-refractivity contribution is 0.249. The second-order valence-corrected chi connectivity index (χ2v) is 8.38. The van der Waals surface area contributed by atoms with E-state index in [-0.39, 0.29) is 12.1 Å². The third-order valence-electron chi connectivity index (χ3n) is 4.73. The lowest BCUT2D eigenvalue weighted by Gasteiger charge is -2.32. The van der Waals surface area contributed by atoms with Crippen molar-refractivity contribution in [2.45, 2.75) is 43.8 Å². The van der Waals surface area contributed by atoms with Crippen LogP contribution in [0, 0.1) is 0 Å². The molecule has 4 rings (SSSR count). The van der Waals surface area contributed by atoms with Crippen molar-refractivity contribution in [3.05, 3.63) is 50.9 Å². The third kappa shape index (κ3) is 2.92. The van der Waals surface area contributed by atoms with Crippen molar-refractivity contribution in [1.29, 1.82) is 0 Å². The summed E-state index contributed by atoms with van der Waals surface area (Å²) in [7, 11) is 0. The van der Waals surface area contributed by atoms with Crippen LogP contribution < -0.4 is 5.32 Å². The Balaban J connectivity index is 1.75. The SMILES string of the molecule is S=C1N[C@@H](c2ccccn2)[C@H](c2cc(Br)cs2)N1C1CCCC1. The summed E-state index contributed by atoms with van der Waals surface area (Å²) in [6.45, 7) is 0. The Hall–Kier alpha value is -0.980. The highest BCUT2D eigenvalue weighted by atomic mass is 79.9. The summed E-state index contributed by atoms with van der Waals surface area (Å²) in [5.74, 6) is 0. The third-order valence-corrected chi connectivity index (χ3v) is 6.83. The van der Waals surface area contributed by atoms with Gasteiger partial charge in [-0.25, -0.2) is 0 Å². The van der Waals surface area contributed by atoms with E-state index < -0.39 is 0 Å². The summed E-state index contributed by atoms with van der Waals surface area (Å²) in [6.07, 6.45) is 6.94. The van der Waals surface area contributed by atoms with Crippen molar-refractivity contribution in [1.82, 2.24) is 15.2 Å². The monoisotopic (exact) mass is 407 g/mol. The zero-order valence-corrected chi connectivity index (χ0v) is 15.8. The minimum absolute atomic E-state index is 0.120. The molecule has 0 amide bonds. The molecule has 2 atom stereocenters. The van der Waals surface area contributed by atoms with E-state index in [9.17, 15) is 0 Å². The number of hydrogen-bond acceptors (Lipinski definition) is 3. The highest BCUT2D eigenvalue weighted by Crippen LogP contribution is 2.44. The van der Waals surface area contributed by atoms with Crippen LogP contribution >= 0.6 is 39.5 Å². The van der Waals surface area contributed by atoms with Gasteiger partial charge in [-0.3, -0.25) is 4.98 Å². The summed E-state index contributed by atoms with van der Waals surface area (Å²) in [5, 5.41) is 6.57. The van der Waals surface area contributed by atoms with Gasteiger partial charge < -0.3 is 10.2 Å². The van der Waals surface area contributed by atoms with Crippen molar-refractivity contribution in [2.75, 3.05) is 0 Å². The number of hydrogen-bond donors (Lipinski definition) is 1. The number of pyridine rings is 1. The summed E-state index contributed by atoms with van der Waals surface area (Å²) in [4.78, 5) is 8.37. The predicted molar refractivity (Wildman–Crippen MR) is 102 cm³/mol. The maximum absolute atomic E-state index is 5.72. The first kappa shape index (κ1) is 15.5. The second-order valence-electron chi connectivity index (χ2n) is 6.14. The predicted octanol–water partition coefficient (Wildman–Crippen LogP) is 4.82. The molecule has 2 fully saturated rings. The van der Waals surface area contributed by atoms with Crippen LogP contribution in [0.25, 0.3) is 0 Å². The Morgan fingerprint density at radius 2 is 2.13 bits per heavy atom. The molecule has 0 unspecified atom stereocenters. The Kier molecular flexibility index (Phi) is 4.39. The maximum Gasteiger partial charge on any atom is 0.170 e. The fourth-order valence-electron chi connectivity index (χ4n) is 3.73. The normalized spacial score (nSPS) is 25.1. The van der Waals surface area contributed by atoms with Gasteiger partial charge in [-0.2, -0.15) is 0 Å². The van der Waals surface area contributed by atoms with Crippen molar-refractivity contribution >= 4 is 44.6 Å². The topological polar surface area (TPSA) is 28.2 Å². The number of rotatable bonds is 3. The molecule has 1 saturated heterocycles. The first-order valence-corrected chi connectivity index (χ1v) is 10.1. The van der Waals surface area contributed by atoms with Gasteiger partial charge in [0.1, 0.15) is 0 Å². The van der Waals surface area contributed by atoms with E-state index in [1.807, 2.05) is 18.3 Å². The van der Waals surface area contributed by atoms with Crippen LogP contribution in [0.3, 0.4) is 0 Å². The molecule has 120 valence electrons. The van der Waals surface area contributed by atoms with Crippen LogP contribution in [-0.4, -0.2) is 21.0 Å². The van der Waals surface area contributed by atoms with Gasteiger partial charge in [0.2, 0.25) is 0 Å². The molecule has 1 aliphatic carbocycles. The molecule has 3 nitrogen and oxygen atoms in total. The van der Waals surface area contributed by atoms with E-state index in [4.69, 9.17) is 12.2 Å². The molecule has 1 aliphatic heterocycles. The van der Waals surface area contributed by atoms with Crippen LogP contribution in [0.2, 0.25) is 0 Å². The summed E-state index contributed by atoms with van der Waals surface area (Å²) in [6, 6.07) is 9.23. The zero-order chi connectivity index (χ0) is 15.8. The molecule has 2 aromatic heterocycles. The number of thiophene rings is 1. The molecule has 23 heavy (non-hydrogen) atoms. The Bertz CT molecular complexity index is 697. The van der Waals surface area contributed by atoms with Gasteiger partial charge >= 0.3 is 0 Å². The van der Waals surface area contributed by atoms with Gasteiger partial charge in [0.25, 0.3) is 0 Å². The quantitative estimate of drug-likeness (QED) is 0.737. The number of nitrogens with one attached hydrogen (secondary N) is 1. The highest BCUT2D eigenvalue weighted by molar-refractivity contribution is 9.10. The molecular weight excluding hydrogens is 390 g/mol. The van der Waals surface area contributed by atoms with E-state index in [1.165, 1.54) is 30.6 Å². The van der Waals surface area contributed by atoms with Crippen LogP contribution in [0.5, 0.6) is 0 Å². The summed E-state index contributed by atoms with van der Waals surface area (Å²) < 4.78 is 1.14. The van der Waals surface area contributed by atoms with Crippen LogP contribution in [0.1, 0.15) is 48.3 Å². The first-order valence-electron chi connectivity index (χ1n) is 7.98. The largest absolute Gasteiger partial charge is 0.352 e. The smallest absolute Gasteiger partial charge is 0.170 e. The average Bonchev–Trinajstić information content (AvgIpc) is 3.27. The average molecular weight is 408 g/mol. The van der Waals surface area contributed by atoms with E-state index >= 15 is 0 Å². The van der Waals surface area contributed by atoms with Crippen LogP contribution in [0.15, 0.2) is 40.3 Å². The van der Waals surface area contributed by atoms with Gasteiger partial charge in [0.05, 0.1) is 17.8 Å². The molecule has 2 aromatic rings. The minimum atomic E-state index is 0.120. The van der Waals surface area contributed by atoms with Gasteiger partial charge in [-0.15, -0.1) is 11.3 Å². The zero-order valence-electron chi connectivity index (χ0n) is 12.6. The van der Waals surface area contributed by atoms with Crippen molar-refractivity contribution in [3.8, 4) is 0 Å². The second kappa shape index (κ2) is 6.49. The van der Waals surface area contributed by atoms with E-state index in [0.717, 1.165) is 15.3 Å². The van der Waals surface area contributed by atoms with Gasteiger partial charge in [-0.05, 0) is 59.2 Å². The van der Waals surface area contributed by atoms with Gasteiger partial charge in [0.15, 0.2) is 5.11 Å². The first-order chi connectivity index (χ1) is 11.2. The molecule has 0 bridgehead atoms.